The van der Waals surface area contributed by atoms with Gasteiger partial charge < -0.3 is 10.6 Å². The largest absolute Gasteiger partial charge is 0.416 e. The van der Waals surface area contributed by atoms with E-state index in [1.165, 1.54) is 24.3 Å². The third kappa shape index (κ3) is 6.48. The molecular weight excluding hydrogens is 521 g/mol. The van der Waals surface area contributed by atoms with Crippen LogP contribution in [0.5, 0.6) is 0 Å². The first kappa shape index (κ1) is 26.7. The third-order valence-corrected chi connectivity index (χ3v) is 6.32. The lowest BCUT2D eigenvalue weighted by atomic mass is 10.2. The average Bonchev–Trinajstić information content (AvgIpc) is 3.30. The summed E-state index contributed by atoms with van der Waals surface area (Å²) in [5.41, 5.74) is 1.07. The number of thioether (sulfide) groups is 1. The van der Waals surface area contributed by atoms with Gasteiger partial charge in [-0.3, -0.25) is 19.5 Å². The Morgan fingerprint density at radius 2 is 1.82 bits per heavy atom. The fraction of sp³-hybridized carbons (Fsp3) is 0.160. The van der Waals surface area contributed by atoms with Crippen LogP contribution in [0.15, 0.2) is 78.0 Å². The van der Waals surface area contributed by atoms with Crippen LogP contribution in [0.25, 0.3) is 5.69 Å². The SMILES string of the molecule is Cc1ccc([N+](=O)[O-])cc1NC(=O)CSc1nnc(CNc2cccc(C(F)(F)F)c2)n1-c1ccccc1. The van der Waals surface area contributed by atoms with Crippen LogP contribution < -0.4 is 10.6 Å². The second-order valence-corrected chi connectivity index (χ2v) is 9.04. The zero-order chi connectivity index (χ0) is 27.3. The summed E-state index contributed by atoms with van der Waals surface area (Å²) in [6.07, 6.45) is -4.46. The van der Waals surface area contributed by atoms with Crippen molar-refractivity contribution in [2.45, 2.75) is 24.8 Å². The number of non-ortho nitro benzene ring substituents is 1. The van der Waals surface area contributed by atoms with E-state index in [1.54, 1.807) is 17.6 Å². The fourth-order valence-electron chi connectivity index (χ4n) is 3.51. The molecule has 0 radical (unpaired) electrons. The van der Waals surface area contributed by atoms with Gasteiger partial charge in [-0.1, -0.05) is 42.1 Å². The second-order valence-electron chi connectivity index (χ2n) is 8.10. The van der Waals surface area contributed by atoms with Gasteiger partial charge in [0.25, 0.3) is 5.69 Å². The molecule has 1 aromatic heterocycles. The van der Waals surface area contributed by atoms with Gasteiger partial charge in [0.15, 0.2) is 11.0 Å². The zero-order valence-corrected chi connectivity index (χ0v) is 20.7. The lowest BCUT2D eigenvalue weighted by Gasteiger charge is -2.13. The van der Waals surface area contributed by atoms with Gasteiger partial charge in [0.05, 0.1) is 28.5 Å². The van der Waals surface area contributed by atoms with Crippen molar-refractivity contribution >= 4 is 34.7 Å². The smallest absolute Gasteiger partial charge is 0.378 e. The van der Waals surface area contributed by atoms with E-state index in [1.807, 2.05) is 30.3 Å². The number of hydrogen-bond acceptors (Lipinski definition) is 7. The van der Waals surface area contributed by atoms with Gasteiger partial charge in [0.2, 0.25) is 5.91 Å². The van der Waals surface area contributed by atoms with E-state index in [9.17, 15) is 28.1 Å². The maximum Gasteiger partial charge on any atom is 0.416 e. The van der Waals surface area contributed by atoms with Crippen molar-refractivity contribution in [3.8, 4) is 5.69 Å². The molecule has 3 aromatic carbocycles. The van der Waals surface area contributed by atoms with Gasteiger partial charge in [-0.15, -0.1) is 10.2 Å². The predicted molar refractivity (Wildman–Crippen MR) is 137 cm³/mol. The van der Waals surface area contributed by atoms with E-state index in [4.69, 9.17) is 0 Å². The molecule has 0 atom stereocenters. The number of carbonyl (C=O) groups is 1. The standard InChI is InChI=1S/C25H21F3N6O3S/c1-16-10-11-20(34(36)37)13-21(16)30-23(35)15-38-24-32-31-22(33(24)19-8-3-2-4-9-19)14-29-18-7-5-6-17(12-18)25(26,27)28/h2-13,29H,14-15H2,1H3,(H,30,35). The highest BCUT2D eigenvalue weighted by Gasteiger charge is 2.30. The average molecular weight is 543 g/mol. The van der Waals surface area contributed by atoms with Crippen LogP contribution in [0.3, 0.4) is 0 Å². The van der Waals surface area contributed by atoms with Crippen molar-refractivity contribution in [2.24, 2.45) is 0 Å². The van der Waals surface area contributed by atoms with Crippen molar-refractivity contribution < 1.29 is 22.9 Å². The van der Waals surface area contributed by atoms with E-state index in [0.717, 1.165) is 23.9 Å². The Bertz CT molecular complexity index is 1460. The minimum Gasteiger partial charge on any atom is -0.378 e. The number of halogens is 3. The Labute approximate surface area is 219 Å². The summed E-state index contributed by atoms with van der Waals surface area (Å²) < 4.78 is 40.9. The first-order valence-electron chi connectivity index (χ1n) is 11.2. The van der Waals surface area contributed by atoms with Crippen molar-refractivity contribution in [1.82, 2.24) is 14.8 Å². The summed E-state index contributed by atoms with van der Waals surface area (Å²) in [4.78, 5) is 23.1. The number of aromatic nitrogens is 3. The molecule has 38 heavy (non-hydrogen) atoms. The minimum absolute atomic E-state index is 0.0614. The molecule has 2 N–H and O–H groups in total. The molecule has 13 heteroatoms. The number of amides is 1. The Kier molecular flexibility index (Phi) is 7.96. The number of anilines is 2. The molecule has 196 valence electrons. The summed E-state index contributed by atoms with van der Waals surface area (Å²) in [5, 5.41) is 25.4. The monoisotopic (exact) mass is 542 g/mol. The van der Waals surface area contributed by atoms with Gasteiger partial charge in [0.1, 0.15) is 0 Å². The fourth-order valence-corrected chi connectivity index (χ4v) is 4.28. The number of alkyl halides is 3. The minimum atomic E-state index is -4.46. The highest BCUT2D eigenvalue weighted by molar-refractivity contribution is 7.99. The molecule has 0 unspecified atom stereocenters. The molecule has 0 aliphatic rings. The van der Waals surface area contributed by atoms with E-state index >= 15 is 0 Å². The van der Waals surface area contributed by atoms with Crippen LogP contribution in [-0.4, -0.2) is 31.3 Å². The Morgan fingerprint density at radius 3 is 2.53 bits per heavy atom. The van der Waals surface area contributed by atoms with E-state index < -0.39 is 22.6 Å². The van der Waals surface area contributed by atoms with Crippen molar-refractivity contribution in [2.75, 3.05) is 16.4 Å². The lowest BCUT2D eigenvalue weighted by molar-refractivity contribution is -0.384. The Balaban J connectivity index is 1.50. The summed E-state index contributed by atoms with van der Waals surface area (Å²) in [6, 6.07) is 18.1. The molecule has 0 saturated heterocycles. The molecule has 1 heterocycles. The number of nitro groups is 1. The number of hydrogen-bond donors (Lipinski definition) is 2. The van der Waals surface area contributed by atoms with Crippen LogP contribution in [0, 0.1) is 17.0 Å². The van der Waals surface area contributed by atoms with E-state index in [2.05, 4.69) is 20.8 Å². The van der Waals surface area contributed by atoms with Crippen LogP contribution >= 0.6 is 11.8 Å². The zero-order valence-electron chi connectivity index (χ0n) is 19.9. The number of carbonyl (C=O) groups excluding carboxylic acids is 1. The third-order valence-electron chi connectivity index (χ3n) is 5.39. The van der Waals surface area contributed by atoms with E-state index in [-0.39, 0.29) is 23.7 Å². The number of para-hydroxylation sites is 1. The highest BCUT2D eigenvalue weighted by atomic mass is 32.2. The van der Waals surface area contributed by atoms with Crippen LogP contribution in [0.4, 0.5) is 30.2 Å². The molecule has 1 amide bonds. The maximum absolute atomic E-state index is 13.1. The van der Waals surface area contributed by atoms with Gasteiger partial charge in [-0.05, 0) is 42.8 Å². The van der Waals surface area contributed by atoms with Gasteiger partial charge >= 0.3 is 6.18 Å². The summed E-state index contributed by atoms with van der Waals surface area (Å²) >= 11 is 1.10. The molecular formula is C25H21F3N6O3S. The molecule has 4 rings (SSSR count). The normalized spacial score (nSPS) is 11.3. The van der Waals surface area contributed by atoms with Gasteiger partial charge in [0, 0.05) is 23.5 Å². The first-order valence-corrected chi connectivity index (χ1v) is 12.2. The molecule has 0 aliphatic heterocycles. The lowest BCUT2D eigenvalue weighted by Crippen LogP contribution is -2.16. The van der Waals surface area contributed by atoms with Crippen LogP contribution in [0.1, 0.15) is 17.0 Å². The van der Waals surface area contributed by atoms with Gasteiger partial charge in [-0.2, -0.15) is 13.2 Å². The van der Waals surface area contributed by atoms with Crippen molar-refractivity contribution in [3.63, 3.8) is 0 Å². The number of nitrogens with one attached hydrogen (secondary N) is 2. The Morgan fingerprint density at radius 1 is 1.05 bits per heavy atom. The summed E-state index contributed by atoms with van der Waals surface area (Å²) in [7, 11) is 0. The van der Waals surface area contributed by atoms with Crippen LogP contribution in [-0.2, 0) is 17.5 Å². The molecule has 0 bridgehead atoms. The van der Waals surface area contributed by atoms with Gasteiger partial charge in [-0.25, -0.2) is 0 Å². The van der Waals surface area contributed by atoms with Crippen LogP contribution in [0.2, 0.25) is 0 Å². The van der Waals surface area contributed by atoms with Crippen molar-refractivity contribution in [3.05, 3.63) is 99.9 Å². The maximum atomic E-state index is 13.1. The molecule has 0 saturated carbocycles. The number of rotatable bonds is 9. The highest BCUT2D eigenvalue weighted by Crippen LogP contribution is 2.31. The second kappa shape index (κ2) is 11.3. The van der Waals surface area contributed by atoms with Crippen molar-refractivity contribution in [1.29, 1.82) is 0 Å². The molecule has 4 aromatic rings. The topological polar surface area (TPSA) is 115 Å². The predicted octanol–water partition coefficient (Wildman–Crippen LogP) is 5.85. The van der Waals surface area contributed by atoms with E-state index in [0.29, 0.717) is 27.9 Å². The number of nitro benzene ring substituents is 1. The number of nitrogens with zero attached hydrogens (tertiary/aromatic N) is 4. The Hall–Kier alpha value is -4.39. The summed E-state index contributed by atoms with van der Waals surface area (Å²) in [5.74, 6) is -0.0374. The molecule has 9 nitrogen and oxygen atoms in total. The number of aryl methyl sites for hydroxylation is 1. The molecule has 0 spiro atoms. The summed E-state index contributed by atoms with van der Waals surface area (Å²) in [6.45, 7) is 1.80. The first-order chi connectivity index (χ1) is 18.1. The number of benzene rings is 3. The molecule has 0 aliphatic carbocycles. The quantitative estimate of drug-likeness (QED) is 0.155. The molecule has 0 fully saturated rings.